The van der Waals surface area contributed by atoms with Crippen LogP contribution in [0.1, 0.15) is 40.0 Å². The first-order valence-corrected chi connectivity index (χ1v) is 4.97. The van der Waals surface area contributed by atoms with Crippen LogP contribution in [0.3, 0.4) is 0 Å². The number of rotatable bonds is 1. The third kappa shape index (κ3) is 3.55. The predicted molar refractivity (Wildman–Crippen MR) is 52.6 cm³/mol. The summed E-state index contributed by atoms with van der Waals surface area (Å²) in [4.78, 5) is 0. The van der Waals surface area contributed by atoms with Crippen molar-refractivity contribution in [3.63, 3.8) is 0 Å². The van der Waals surface area contributed by atoms with Crippen LogP contribution in [-0.2, 0) is 0 Å². The van der Waals surface area contributed by atoms with E-state index in [2.05, 4.69) is 20.8 Å². The van der Waals surface area contributed by atoms with Gasteiger partial charge in [-0.3, -0.25) is 5.84 Å². The summed E-state index contributed by atoms with van der Waals surface area (Å²) in [6.07, 6.45) is 3.92. The second kappa shape index (κ2) is 3.75. The highest BCUT2D eigenvalue weighted by atomic mass is 15.4. The first-order chi connectivity index (χ1) is 5.47. The van der Waals surface area contributed by atoms with E-state index in [4.69, 9.17) is 5.84 Å². The molecule has 1 fully saturated rings. The van der Waals surface area contributed by atoms with Gasteiger partial charge in [0.1, 0.15) is 0 Å². The average Bonchev–Trinajstić information content (AvgIpc) is 1.91. The maximum Gasteiger partial charge on any atom is 0.0131 e. The zero-order chi connectivity index (χ0) is 9.19. The summed E-state index contributed by atoms with van der Waals surface area (Å²) in [5.41, 5.74) is 0.488. The quantitative estimate of drug-likeness (QED) is 0.610. The first-order valence-electron chi connectivity index (χ1n) is 4.97. The Morgan fingerprint density at radius 1 is 1.25 bits per heavy atom. The first kappa shape index (κ1) is 10.0. The molecule has 0 unspecified atom stereocenters. The smallest absolute Gasteiger partial charge is 0.0131 e. The van der Waals surface area contributed by atoms with Crippen LogP contribution in [0.4, 0.5) is 0 Å². The maximum atomic E-state index is 5.69. The predicted octanol–water partition coefficient (Wildman–Crippen LogP) is 2.01. The van der Waals surface area contributed by atoms with Gasteiger partial charge in [0.25, 0.3) is 0 Å². The lowest BCUT2D eigenvalue weighted by Crippen LogP contribution is -2.39. The van der Waals surface area contributed by atoms with Crippen LogP contribution in [-0.4, -0.2) is 18.1 Å². The van der Waals surface area contributed by atoms with E-state index < -0.39 is 0 Å². The van der Waals surface area contributed by atoms with Gasteiger partial charge in [0.15, 0.2) is 0 Å². The molecule has 0 aromatic rings. The largest absolute Gasteiger partial charge is 0.269 e. The van der Waals surface area contributed by atoms with Crippen molar-refractivity contribution >= 4 is 0 Å². The average molecular weight is 170 g/mol. The van der Waals surface area contributed by atoms with Crippen molar-refractivity contribution in [2.24, 2.45) is 17.2 Å². The topological polar surface area (TPSA) is 29.3 Å². The molecule has 72 valence electrons. The minimum atomic E-state index is 0.488. The molecule has 1 rings (SSSR count). The van der Waals surface area contributed by atoms with Crippen LogP contribution >= 0.6 is 0 Å². The number of hydrogen-bond acceptors (Lipinski definition) is 2. The fourth-order valence-corrected chi connectivity index (χ4v) is 2.02. The Hall–Kier alpha value is -0.0800. The fraction of sp³-hybridized carbons (Fsp3) is 1.00. The second-order valence-corrected chi connectivity index (χ2v) is 5.24. The number of hydrogen-bond donors (Lipinski definition) is 1. The minimum absolute atomic E-state index is 0.488. The van der Waals surface area contributed by atoms with Crippen LogP contribution in [0, 0.1) is 11.3 Å². The lowest BCUT2D eigenvalue weighted by Gasteiger charge is -2.32. The monoisotopic (exact) mass is 170 g/mol. The lowest BCUT2D eigenvalue weighted by atomic mass is 9.81. The molecule has 0 aromatic heterocycles. The zero-order valence-electron chi connectivity index (χ0n) is 8.64. The van der Waals surface area contributed by atoms with Crippen LogP contribution in [0.25, 0.3) is 0 Å². The van der Waals surface area contributed by atoms with Gasteiger partial charge in [0.05, 0.1) is 0 Å². The molecule has 2 heteroatoms. The molecule has 2 N–H and O–H groups in total. The summed E-state index contributed by atoms with van der Waals surface area (Å²) in [6.45, 7) is 9.13. The van der Waals surface area contributed by atoms with E-state index in [9.17, 15) is 0 Å². The molecule has 0 atom stereocenters. The highest BCUT2D eigenvalue weighted by Gasteiger charge is 2.22. The Kier molecular flexibility index (Phi) is 3.13. The van der Waals surface area contributed by atoms with Crippen molar-refractivity contribution in [3.8, 4) is 0 Å². The van der Waals surface area contributed by atoms with Crippen LogP contribution in [0.5, 0.6) is 0 Å². The molecule has 1 saturated heterocycles. The number of nitrogens with two attached hydrogens (primary N) is 1. The molecule has 0 spiro atoms. The maximum absolute atomic E-state index is 5.69. The highest BCUT2D eigenvalue weighted by molar-refractivity contribution is 4.74. The molecule has 0 saturated carbocycles. The van der Waals surface area contributed by atoms with Gasteiger partial charge in [0, 0.05) is 13.1 Å². The summed E-state index contributed by atoms with van der Waals surface area (Å²) < 4.78 is 0. The van der Waals surface area contributed by atoms with Gasteiger partial charge < -0.3 is 0 Å². The molecule has 0 radical (unpaired) electrons. The summed E-state index contributed by atoms with van der Waals surface area (Å²) in [5, 5.41) is 1.94. The molecule has 2 nitrogen and oxygen atoms in total. The van der Waals surface area contributed by atoms with Crippen molar-refractivity contribution < 1.29 is 0 Å². The summed E-state index contributed by atoms with van der Waals surface area (Å²) in [5.74, 6) is 6.60. The van der Waals surface area contributed by atoms with Gasteiger partial charge in [-0.1, -0.05) is 20.8 Å². The molecule has 0 amide bonds. The molecule has 0 aromatic carbocycles. The van der Waals surface area contributed by atoms with Crippen molar-refractivity contribution in [2.45, 2.75) is 40.0 Å². The summed E-state index contributed by atoms with van der Waals surface area (Å²) >= 11 is 0. The van der Waals surface area contributed by atoms with Crippen LogP contribution in [0.15, 0.2) is 0 Å². The lowest BCUT2D eigenvalue weighted by molar-refractivity contribution is 0.154. The molecule has 1 aliphatic rings. The van der Waals surface area contributed by atoms with Gasteiger partial charge in [0.2, 0.25) is 0 Å². The van der Waals surface area contributed by atoms with Crippen molar-refractivity contribution in [1.29, 1.82) is 0 Å². The van der Waals surface area contributed by atoms with Gasteiger partial charge >= 0.3 is 0 Å². The normalized spacial score (nSPS) is 23.0. The van der Waals surface area contributed by atoms with Gasteiger partial charge in [-0.15, -0.1) is 0 Å². The van der Waals surface area contributed by atoms with Gasteiger partial charge in [-0.05, 0) is 30.6 Å². The van der Waals surface area contributed by atoms with E-state index in [-0.39, 0.29) is 0 Å². The van der Waals surface area contributed by atoms with Gasteiger partial charge in [-0.2, -0.15) is 0 Å². The number of piperidine rings is 1. The number of nitrogens with zero attached hydrogens (tertiary/aromatic N) is 1. The van der Waals surface area contributed by atoms with E-state index in [1.54, 1.807) is 0 Å². The molecule has 1 aliphatic heterocycles. The molecule has 0 aliphatic carbocycles. The highest BCUT2D eigenvalue weighted by Crippen LogP contribution is 2.30. The molecule has 1 heterocycles. The molecule has 0 bridgehead atoms. The Labute approximate surface area is 76.1 Å². The van der Waals surface area contributed by atoms with Crippen LogP contribution in [0.2, 0.25) is 0 Å². The third-order valence-electron chi connectivity index (χ3n) is 2.55. The fourth-order valence-electron chi connectivity index (χ4n) is 2.02. The number of hydrazine groups is 1. The zero-order valence-corrected chi connectivity index (χ0v) is 8.64. The van der Waals surface area contributed by atoms with Crippen molar-refractivity contribution in [1.82, 2.24) is 5.01 Å². The van der Waals surface area contributed by atoms with E-state index in [1.807, 2.05) is 5.01 Å². The minimum Gasteiger partial charge on any atom is -0.269 e. The Bertz CT molecular complexity index is 129. The van der Waals surface area contributed by atoms with E-state index in [0.29, 0.717) is 5.41 Å². The summed E-state index contributed by atoms with van der Waals surface area (Å²) in [6, 6.07) is 0. The van der Waals surface area contributed by atoms with Gasteiger partial charge in [-0.25, -0.2) is 5.01 Å². The van der Waals surface area contributed by atoms with Crippen molar-refractivity contribution in [2.75, 3.05) is 13.1 Å². The molecular formula is C10H22N2. The van der Waals surface area contributed by atoms with Crippen LogP contribution < -0.4 is 5.84 Å². The SMILES string of the molecule is CC(C)(C)CC1CCN(N)CC1. The third-order valence-corrected chi connectivity index (χ3v) is 2.55. The Balaban J connectivity index is 2.26. The van der Waals surface area contributed by atoms with E-state index in [0.717, 1.165) is 19.0 Å². The standard InChI is InChI=1S/C10H22N2/c1-10(2,3)8-9-4-6-12(11)7-5-9/h9H,4-8,11H2,1-3H3. The Morgan fingerprint density at radius 3 is 2.17 bits per heavy atom. The Morgan fingerprint density at radius 2 is 1.75 bits per heavy atom. The summed E-state index contributed by atoms with van der Waals surface area (Å²) in [7, 11) is 0. The second-order valence-electron chi connectivity index (χ2n) is 5.24. The van der Waals surface area contributed by atoms with Crippen molar-refractivity contribution in [3.05, 3.63) is 0 Å². The van der Waals surface area contributed by atoms with E-state index >= 15 is 0 Å². The molecular weight excluding hydrogens is 148 g/mol. The van der Waals surface area contributed by atoms with E-state index in [1.165, 1.54) is 19.3 Å². The molecule has 12 heavy (non-hydrogen) atoms.